The minimum atomic E-state index is 0.473. The Hall–Kier alpha value is -0.0600. The van der Waals surface area contributed by atoms with Gasteiger partial charge in [-0.15, -0.1) is 11.3 Å². The first-order chi connectivity index (χ1) is 5.22. The third-order valence-electron chi connectivity index (χ3n) is 1.23. The van der Waals surface area contributed by atoms with E-state index < -0.39 is 0 Å². The molecule has 0 radical (unpaired) electrons. The lowest BCUT2D eigenvalue weighted by atomic mass is 10.5. The Balaban J connectivity index is 2.50. The second-order valence-corrected chi connectivity index (χ2v) is 4.96. The van der Waals surface area contributed by atoms with Crippen molar-refractivity contribution >= 4 is 23.1 Å². The quantitative estimate of drug-likeness (QED) is 0.736. The van der Waals surface area contributed by atoms with Crippen molar-refractivity contribution in [3.05, 3.63) is 11.1 Å². The highest BCUT2D eigenvalue weighted by molar-refractivity contribution is 8.01. The average Bonchev–Trinajstić information content (AvgIpc) is 2.35. The summed E-state index contributed by atoms with van der Waals surface area (Å²) in [7, 11) is 0. The summed E-state index contributed by atoms with van der Waals surface area (Å²) in [5, 5.41) is 2.53. The second kappa shape index (κ2) is 4.09. The summed E-state index contributed by atoms with van der Waals surface area (Å²) in [4.78, 5) is 4.32. The molecule has 0 saturated heterocycles. The van der Waals surface area contributed by atoms with E-state index in [1.807, 2.05) is 6.92 Å². The first kappa shape index (κ1) is 9.03. The summed E-state index contributed by atoms with van der Waals surface area (Å²) in [6.45, 7) is 4.83. The molecule has 0 fully saturated rings. The van der Waals surface area contributed by atoms with E-state index in [2.05, 4.69) is 17.3 Å². The molecule has 4 heteroatoms. The van der Waals surface area contributed by atoms with Gasteiger partial charge in [-0.3, -0.25) is 0 Å². The molecule has 0 aromatic carbocycles. The number of hydrogen-bond acceptors (Lipinski definition) is 4. The zero-order chi connectivity index (χ0) is 8.27. The third-order valence-corrected chi connectivity index (χ3v) is 3.45. The van der Waals surface area contributed by atoms with Crippen molar-refractivity contribution in [3.63, 3.8) is 0 Å². The van der Waals surface area contributed by atoms with Crippen LogP contribution in [0.1, 0.15) is 12.6 Å². The highest BCUT2D eigenvalue weighted by Gasteiger charge is 2.04. The number of nitrogens with two attached hydrogens (primary N) is 1. The highest BCUT2D eigenvalue weighted by Crippen LogP contribution is 2.25. The fraction of sp³-hybridized carbons (Fsp3) is 0.571. The van der Waals surface area contributed by atoms with Crippen LogP contribution in [0.2, 0.25) is 0 Å². The molecule has 0 bridgehead atoms. The molecule has 1 rings (SSSR count). The van der Waals surface area contributed by atoms with E-state index >= 15 is 0 Å². The molecule has 1 atom stereocenters. The van der Waals surface area contributed by atoms with Gasteiger partial charge in [0.05, 0.1) is 0 Å². The lowest BCUT2D eigenvalue weighted by Gasteiger charge is -2.02. The Morgan fingerprint density at radius 2 is 2.55 bits per heavy atom. The predicted octanol–water partition coefficient (Wildman–Crippen LogP) is 1.89. The van der Waals surface area contributed by atoms with Gasteiger partial charge in [0.1, 0.15) is 4.34 Å². The number of hydrogen-bond donors (Lipinski definition) is 1. The molecule has 1 heterocycles. The van der Waals surface area contributed by atoms with Crippen molar-refractivity contribution in [1.82, 2.24) is 4.98 Å². The van der Waals surface area contributed by atoms with Crippen molar-refractivity contribution in [2.45, 2.75) is 23.4 Å². The number of aromatic nitrogens is 1. The van der Waals surface area contributed by atoms with Crippen LogP contribution < -0.4 is 5.73 Å². The minimum Gasteiger partial charge on any atom is -0.329 e. The van der Waals surface area contributed by atoms with Gasteiger partial charge in [0, 0.05) is 22.9 Å². The highest BCUT2D eigenvalue weighted by atomic mass is 32.2. The van der Waals surface area contributed by atoms with E-state index in [4.69, 9.17) is 5.73 Å². The summed E-state index contributed by atoms with van der Waals surface area (Å²) >= 11 is 3.44. The summed E-state index contributed by atoms with van der Waals surface area (Å²) < 4.78 is 1.13. The van der Waals surface area contributed by atoms with E-state index in [0.717, 1.165) is 10.0 Å². The van der Waals surface area contributed by atoms with Crippen LogP contribution in [0.5, 0.6) is 0 Å². The normalized spacial score (nSPS) is 13.4. The molecule has 0 aliphatic rings. The lowest BCUT2D eigenvalue weighted by molar-refractivity contribution is 0.948. The zero-order valence-electron chi connectivity index (χ0n) is 6.70. The van der Waals surface area contributed by atoms with Gasteiger partial charge < -0.3 is 5.73 Å². The van der Waals surface area contributed by atoms with Crippen LogP contribution in [0.15, 0.2) is 9.72 Å². The van der Waals surface area contributed by atoms with Crippen LogP contribution in [-0.4, -0.2) is 16.8 Å². The SMILES string of the molecule is Cc1csc(S[C@H](C)CN)n1. The largest absolute Gasteiger partial charge is 0.329 e. The molecule has 1 aromatic heterocycles. The first-order valence-electron chi connectivity index (χ1n) is 3.51. The Bertz CT molecular complexity index is 222. The number of nitrogens with zero attached hydrogens (tertiary/aromatic N) is 1. The Kier molecular flexibility index (Phi) is 3.36. The molecular formula is C7H12N2S2. The van der Waals surface area contributed by atoms with Crippen LogP contribution in [-0.2, 0) is 0 Å². The Morgan fingerprint density at radius 1 is 1.82 bits per heavy atom. The topological polar surface area (TPSA) is 38.9 Å². The second-order valence-electron chi connectivity index (χ2n) is 2.42. The van der Waals surface area contributed by atoms with E-state index in [1.54, 1.807) is 23.1 Å². The van der Waals surface area contributed by atoms with Gasteiger partial charge in [-0.05, 0) is 6.92 Å². The Morgan fingerprint density at radius 3 is 3.00 bits per heavy atom. The molecule has 2 N–H and O–H groups in total. The van der Waals surface area contributed by atoms with Crippen LogP contribution in [0.25, 0.3) is 0 Å². The van der Waals surface area contributed by atoms with Gasteiger partial charge in [0.25, 0.3) is 0 Å². The van der Waals surface area contributed by atoms with Crippen LogP contribution in [0, 0.1) is 6.92 Å². The van der Waals surface area contributed by atoms with Gasteiger partial charge in [0.2, 0.25) is 0 Å². The monoisotopic (exact) mass is 188 g/mol. The maximum atomic E-state index is 5.48. The van der Waals surface area contributed by atoms with Crippen LogP contribution in [0.3, 0.4) is 0 Å². The molecule has 0 spiro atoms. The zero-order valence-corrected chi connectivity index (χ0v) is 8.34. The summed E-state index contributed by atoms with van der Waals surface area (Å²) in [5.41, 5.74) is 6.58. The first-order valence-corrected chi connectivity index (χ1v) is 5.27. The molecule has 2 nitrogen and oxygen atoms in total. The molecule has 0 unspecified atom stereocenters. The lowest BCUT2D eigenvalue weighted by Crippen LogP contribution is -2.11. The number of thiazole rings is 1. The summed E-state index contributed by atoms with van der Waals surface area (Å²) in [6, 6.07) is 0. The van der Waals surface area contributed by atoms with E-state index in [1.165, 1.54) is 0 Å². The van der Waals surface area contributed by atoms with Crippen molar-refractivity contribution < 1.29 is 0 Å². The molecule has 0 saturated carbocycles. The fourth-order valence-corrected chi connectivity index (χ4v) is 2.62. The third kappa shape index (κ3) is 2.81. The number of rotatable bonds is 3. The van der Waals surface area contributed by atoms with Gasteiger partial charge in [-0.2, -0.15) is 0 Å². The van der Waals surface area contributed by atoms with Crippen LogP contribution >= 0.6 is 23.1 Å². The van der Waals surface area contributed by atoms with Crippen molar-refractivity contribution in [2.75, 3.05) is 6.54 Å². The van der Waals surface area contributed by atoms with Crippen molar-refractivity contribution in [2.24, 2.45) is 5.73 Å². The number of aryl methyl sites for hydroxylation is 1. The maximum absolute atomic E-state index is 5.48. The predicted molar refractivity (Wildman–Crippen MR) is 51.2 cm³/mol. The van der Waals surface area contributed by atoms with E-state index in [-0.39, 0.29) is 0 Å². The molecule has 0 aliphatic heterocycles. The fourth-order valence-electron chi connectivity index (χ4n) is 0.607. The standard InChI is InChI=1S/C7H12N2S2/c1-5-4-10-7(9-5)11-6(2)3-8/h4,6H,3,8H2,1-2H3/t6-/m1/s1. The van der Waals surface area contributed by atoms with Gasteiger partial charge in [-0.25, -0.2) is 4.98 Å². The van der Waals surface area contributed by atoms with Crippen molar-refractivity contribution in [1.29, 1.82) is 0 Å². The van der Waals surface area contributed by atoms with E-state index in [0.29, 0.717) is 11.8 Å². The molecule has 1 aromatic rings. The molecule has 62 valence electrons. The van der Waals surface area contributed by atoms with Crippen LogP contribution in [0.4, 0.5) is 0 Å². The molecular weight excluding hydrogens is 176 g/mol. The molecule has 0 aliphatic carbocycles. The minimum absolute atomic E-state index is 0.473. The Labute approximate surface area is 75.2 Å². The molecule has 0 amide bonds. The maximum Gasteiger partial charge on any atom is 0.150 e. The van der Waals surface area contributed by atoms with Gasteiger partial charge in [-0.1, -0.05) is 18.7 Å². The van der Waals surface area contributed by atoms with Gasteiger partial charge >= 0.3 is 0 Å². The summed E-state index contributed by atoms with van der Waals surface area (Å²) in [5.74, 6) is 0. The molecule has 11 heavy (non-hydrogen) atoms. The van der Waals surface area contributed by atoms with Gasteiger partial charge in [0.15, 0.2) is 0 Å². The smallest absolute Gasteiger partial charge is 0.150 e. The van der Waals surface area contributed by atoms with E-state index in [9.17, 15) is 0 Å². The summed E-state index contributed by atoms with van der Waals surface area (Å²) in [6.07, 6.45) is 0. The van der Waals surface area contributed by atoms with Crippen molar-refractivity contribution in [3.8, 4) is 0 Å². The average molecular weight is 188 g/mol. The number of thioether (sulfide) groups is 1.